The van der Waals surface area contributed by atoms with Gasteiger partial charge in [-0.15, -0.1) is 5.10 Å². The molecule has 1 atom stereocenters. The first kappa shape index (κ1) is 17.1. The van der Waals surface area contributed by atoms with E-state index in [2.05, 4.69) is 15.5 Å². The molecule has 0 spiro atoms. The van der Waals surface area contributed by atoms with Gasteiger partial charge >= 0.3 is 5.22 Å². The summed E-state index contributed by atoms with van der Waals surface area (Å²) >= 11 is 11.1. The van der Waals surface area contributed by atoms with Gasteiger partial charge in [-0.3, -0.25) is 0 Å². The molecule has 1 N–H and O–H groups in total. The van der Waals surface area contributed by atoms with E-state index < -0.39 is 11.2 Å². The van der Waals surface area contributed by atoms with Gasteiger partial charge in [-0.25, -0.2) is 0 Å². The Morgan fingerprint density at radius 3 is 2.54 bits per heavy atom. The van der Waals surface area contributed by atoms with Crippen LogP contribution in [0.3, 0.4) is 0 Å². The second-order valence-corrected chi connectivity index (χ2v) is 7.07. The Bertz CT molecular complexity index is 884. The van der Waals surface area contributed by atoms with Gasteiger partial charge in [0.2, 0.25) is 0 Å². The molecule has 3 rings (SSSR count). The molecule has 5 nitrogen and oxygen atoms in total. The Hall–Kier alpha value is -1.73. The molecule has 24 heavy (non-hydrogen) atoms. The van der Waals surface area contributed by atoms with Crippen LogP contribution in [0.4, 0.5) is 11.4 Å². The number of halogens is 2. The van der Waals surface area contributed by atoms with Crippen LogP contribution < -0.4 is 5.32 Å². The average Bonchev–Trinajstić information content (AvgIpc) is 3.06. The SMILES string of the molecule is Cc1c(Cl)ccc(Nc2ccccc2-c2nnc([S+](C)[O-])o2)c1Cl. The van der Waals surface area contributed by atoms with Gasteiger partial charge in [-0.1, -0.05) is 40.4 Å². The maximum atomic E-state index is 11.4. The van der Waals surface area contributed by atoms with Crippen LogP contribution in [0.5, 0.6) is 0 Å². The van der Waals surface area contributed by atoms with Crippen LogP contribution in [-0.4, -0.2) is 21.0 Å². The average molecular weight is 382 g/mol. The molecule has 1 aromatic heterocycles. The van der Waals surface area contributed by atoms with Crippen LogP contribution in [0.1, 0.15) is 5.56 Å². The molecule has 8 heteroatoms. The van der Waals surface area contributed by atoms with Crippen molar-refractivity contribution in [3.05, 3.63) is 52.0 Å². The van der Waals surface area contributed by atoms with Crippen molar-refractivity contribution in [1.29, 1.82) is 0 Å². The van der Waals surface area contributed by atoms with Crippen molar-refractivity contribution in [2.45, 2.75) is 12.1 Å². The predicted octanol–water partition coefficient (Wildman–Crippen LogP) is 4.83. The zero-order chi connectivity index (χ0) is 17.3. The van der Waals surface area contributed by atoms with E-state index in [9.17, 15) is 4.55 Å². The van der Waals surface area contributed by atoms with Crippen molar-refractivity contribution >= 4 is 45.8 Å². The topological polar surface area (TPSA) is 74.0 Å². The Morgan fingerprint density at radius 1 is 1.08 bits per heavy atom. The zero-order valence-corrected chi connectivity index (χ0v) is 15.2. The summed E-state index contributed by atoms with van der Waals surface area (Å²) in [6.45, 7) is 1.85. The summed E-state index contributed by atoms with van der Waals surface area (Å²) in [6.07, 6.45) is 1.48. The van der Waals surface area contributed by atoms with E-state index in [1.807, 2.05) is 31.2 Å². The molecule has 0 aliphatic carbocycles. The number of nitrogens with one attached hydrogen (secondary N) is 1. The zero-order valence-electron chi connectivity index (χ0n) is 12.8. The molecule has 0 saturated carbocycles. The number of rotatable bonds is 4. The van der Waals surface area contributed by atoms with Crippen molar-refractivity contribution in [1.82, 2.24) is 10.2 Å². The van der Waals surface area contributed by atoms with E-state index in [1.165, 1.54) is 6.26 Å². The van der Waals surface area contributed by atoms with E-state index in [0.29, 0.717) is 21.3 Å². The molecule has 0 amide bonds. The molecule has 1 unspecified atom stereocenters. The predicted molar refractivity (Wildman–Crippen MR) is 96.5 cm³/mol. The summed E-state index contributed by atoms with van der Waals surface area (Å²) in [5, 5.41) is 12.2. The Kier molecular flexibility index (Phi) is 5.01. The van der Waals surface area contributed by atoms with Crippen LogP contribution in [0.15, 0.2) is 46.0 Å². The number of benzene rings is 2. The first-order chi connectivity index (χ1) is 11.5. The Balaban J connectivity index is 1.99. The van der Waals surface area contributed by atoms with Crippen LogP contribution in [-0.2, 0) is 11.2 Å². The normalized spacial score (nSPS) is 12.2. The van der Waals surface area contributed by atoms with Gasteiger partial charge in [0.1, 0.15) is 6.26 Å². The van der Waals surface area contributed by atoms with E-state index >= 15 is 0 Å². The number of hydrogen-bond donors (Lipinski definition) is 1. The Morgan fingerprint density at radius 2 is 1.83 bits per heavy atom. The van der Waals surface area contributed by atoms with Crippen molar-refractivity contribution in [2.75, 3.05) is 11.6 Å². The smallest absolute Gasteiger partial charge is 0.435 e. The van der Waals surface area contributed by atoms with Crippen LogP contribution >= 0.6 is 23.2 Å². The molecular formula is C16H13Cl2N3O2S. The fourth-order valence-corrected chi connectivity index (χ4v) is 2.89. The molecule has 1 heterocycles. The minimum absolute atomic E-state index is 0.0835. The summed E-state index contributed by atoms with van der Waals surface area (Å²) in [5.74, 6) is 0.283. The molecule has 0 bridgehead atoms. The highest BCUT2D eigenvalue weighted by Gasteiger charge is 2.18. The van der Waals surface area contributed by atoms with Gasteiger partial charge in [0.05, 0.1) is 22.0 Å². The molecule has 0 fully saturated rings. The molecule has 124 valence electrons. The largest absolute Gasteiger partial charge is 0.608 e. The third-order valence-corrected chi connectivity index (χ3v) is 4.95. The summed E-state index contributed by atoms with van der Waals surface area (Å²) in [5.41, 5.74) is 2.93. The third-order valence-electron chi connectivity index (χ3n) is 3.40. The molecule has 0 radical (unpaired) electrons. The number of para-hydroxylation sites is 1. The van der Waals surface area contributed by atoms with Gasteiger partial charge in [0.25, 0.3) is 5.89 Å². The number of hydrogen-bond acceptors (Lipinski definition) is 5. The van der Waals surface area contributed by atoms with Crippen LogP contribution in [0.2, 0.25) is 10.0 Å². The minimum atomic E-state index is -1.33. The number of nitrogens with zero attached hydrogens (tertiary/aromatic N) is 2. The summed E-state index contributed by atoms with van der Waals surface area (Å²) in [4.78, 5) is 0. The summed E-state index contributed by atoms with van der Waals surface area (Å²) < 4.78 is 16.9. The first-order valence-corrected chi connectivity index (χ1v) is 9.26. The second kappa shape index (κ2) is 7.03. The molecule has 0 saturated heterocycles. The molecule has 3 aromatic rings. The van der Waals surface area contributed by atoms with Crippen molar-refractivity contribution in [3.8, 4) is 11.5 Å². The summed E-state index contributed by atoms with van der Waals surface area (Å²) in [6, 6.07) is 11.0. The fourth-order valence-electron chi connectivity index (χ4n) is 2.12. The maximum absolute atomic E-state index is 11.4. The van der Waals surface area contributed by atoms with Gasteiger partial charge < -0.3 is 14.3 Å². The van der Waals surface area contributed by atoms with Gasteiger partial charge in [0.15, 0.2) is 0 Å². The lowest BCUT2D eigenvalue weighted by atomic mass is 10.1. The van der Waals surface area contributed by atoms with Crippen molar-refractivity contribution < 1.29 is 8.97 Å². The Labute approximate surface area is 152 Å². The van der Waals surface area contributed by atoms with Crippen LogP contribution in [0, 0.1) is 6.92 Å². The molecule has 2 aromatic carbocycles. The standard InChI is InChI=1S/C16H13Cl2N3O2S/c1-9-11(17)7-8-13(14(9)18)19-12-6-4-3-5-10(12)15-20-21-16(23-15)24(2)22/h3-8,19H,1-2H3. The van der Waals surface area contributed by atoms with E-state index in [0.717, 1.165) is 11.3 Å². The van der Waals surface area contributed by atoms with Gasteiger partial charge in [-0.2, -0.15) is 0 Å². The van der Waals surface area contributed by atoms with E-state index in [1.54, 1.807) is 12.1 Å². The maximum Gasteiger partial charge on any atom is 0.435 e. The molecule has 0 aliphatic heterocycles. The highest BCUT2D eigenvalue weighted by atomic mass is 35.5. The third kappa shape index (κ3) is 3.37. The quantitative estimate of drug-likeness (QED) is 0.654. The van der Waals surface area contributed by atoms with Crippen LogP contribution in [0.25, 0.3) is 11.5 Å². The number of anilines is 2. The summed E-state index contributed by atoms with van der Waals surface area (Å²) in [7, 11) is 0. The monoisotopic (exact) mass is 381 g/mol. The van der Waals surface area contributed by atoms with Crippen molar-refractivity contribution in [3.63, 3.8) is 0 Å². The van der Waals surface area contributed by atoms with Gasteiger partial charge in [-0.05, 0) is 36.8 Å². The minimum Gasteiger partial charge on any atom is -0.608 e. The highest BCUT2D eigenvalue weighted by Crippen LogP contribution is 2.35. The lowest BCUT2D eigenvalue weighted by Crippen LogP contribution is -1.96. The number of aromatic nitrogens is 2. The van der Waals surface area contributed by atoms with E-state index in [4.69, 9.17) is 27.6 Å². The first-order valence-electron chi connectivity index (χ1n) is 6.95. The van der Waals surface area contributed by atoms with E-state index in [-0.39, 0.29) is 11.1 Å². The van der Waals surface area contributed by atoms with Gasteiger partial charge in [0, 0.05) is 16.2 Å². The van der Waals surface area contributed by atoms with Crippen molar-refractivity contribution in [2.24, 2.45) is 0 Å². The molecular weight excluding hydrogens is 369 g/mol. The highest BCUT2D eigenvalue weighted by molar-refractivity contribution is 7.90. The fraction of sp³-hybridized carbons (Fsp3) is 0.125. The lowest BCUT2D eigenvalue weighted by molar-refractivity contribution is 0.442. The lowest BCUT2D eigenvalue weighted by Gasteiger charge is -2.13. The second-order valence-electron chi connectivity index (χ2n) is 5.03. The molecule has 0 aliphatic rings.